The van der Waals surface area contributed by atoms with Crippen molar-refractivity contribution in [2.75, 3.05) is 0 Å². The molecular weight excluding hydrogens is 3440 g/mol. The Kier molecular flexibility index (Phi) is 125. The van der Waals surface area contributed by atoms with Gasteiger partial charge in [-0.3, -0.25) is 0 Å². The van der Waals surface area contributed by atoms with Crippen molar-refractivity contribution < 1.29 is 0 Å². The molecule has 0 aliphatic rings. The zero-order chi connectivity index (χ0) is 87.9. The van der Waals surface area contributed by atoms with Gasteiger partial charge in [-0.15, -0.1) is 500 Å². The van der Waals surface area contributed by atoms with Crippen LogP contribution in [0.25, 0.3) is 0 Å². The second-order valence-electron chi connectivity index (χ2n) is 17.8. The summed E-state index contributed by atoms with van der Waals surface area (Å²) >= 11 is 0. The van der Waals surface area contributed by atoms with Gasteiger partial charge in [0.1, 0.15) is 0 Å². The van der Waals surface area contributed by atoms with Gasteiger partial charge in [-0.25, -0.2) is 0 Å². The molecule has 0 bridgehead atoms. The van der Waals surface area contributed by atoms with E-state index in [0.29, 0.717) is 0 Å². The number of hydrogen-bond acceptors (Lipinski definition) is 0. The largest absolute Gasteiger partial charge is 0.102 e. The topological polar surface area (TPSA) is 0 Å². The van der Waals surface area contributed by atoms with Crippen molar-refractivity contribution >= 4 is 885 Å². The fraction of sp³-hybridized carbons (Fsp3) is 0. The van der Waals surface area contributed by atoms with Crippen LogP contribution in [0.5, 0.6) is 0 Å². The Morgan fingerprint density at radius 3 is 0.189 bits per heavy atom. The van der Waals surface area contributed by atoms with Gasteiger partial charge in [-0.2, -0.15) is 0 Å². The van der Waals surface area contributed by atoms with Crippen molar-refractivity contribution in [2.45, 2.75) is 0 Å². The van der Waals surface area contributed by atoms with Crippen LogP contribution in [0.1, 0.15) is 0 Å². The molecule has 0 amide bonds. The first-order chi connectivity index (χ1) is 50.5. The summed E-state index contributed by atoms with van der Waals surface area (Å²) in [5.41, 5.74) is 0. The summed E-state index contributed by atoms with van der Waals surface area (Å²) in [7, 11) is 214. The number of hydrogen-bond donors (Lipinski definition) is 0. The van der Waals surface area contributed by atoms with Crippen molar-refractivity contribution in [2.24, 2.45) is 0 Å². The van der Waals surface area contributed by atoms with Crippen LogP contribution < -0.4 is 0 Å². The first-order valence-electron chi connectivity index (χ1n) is 25.3. The van der Waals surface area contributed by atoms with Gasteiger partial charge in [0.05, 0.1) is 0 Å². The molecule has 0 heterocycles. The Labute approximate surface area is 870 Å². The third-order valence-corrected chi connectivity index (χ3v) is 797. The molecule has 0 radical (unpaired) electrons. The highest BCUT2D eigenvalue weighted by molar-refractivity contribution is 9.59. The molecule has 0 N–H and O–H groups in total. The lowest BCUT2D eigenvalue weighted by Crippen LogP contribution is -1.74. The highest BCUT2D eigenvalue weighted by atomic mass is 33.6. The molecular formula is H113P111. The molecule has 0 aromatic rings. The second-order valence-corrected chi connectivity index (χ2v) is 479. The van der Waals surface area contributed by atoms with E-state index in [1.807, 2.05) is 0 Å². The zero-order valence-corrected chi connectivity index (χ0v) is 171. The highest BCUT2D eigenvalue weighted by Gasteiger charge is 2.65. The lowest BCUT2D eigenvalue weighted by Gasteiger charge is -2.61. The molecule has 0 aliphatic heterocycles. The molecule has 58 atom stereocenters. The number of rotatable bonds is 54. The summed E-state index contributed by atoms with van der Waals surface area (Å²) in [6.07, 6.45) is 0. The Morgan fingerprint density at radius 1 is 0.0721 bits per heavy atom. The molecule has 0 nitrogen and oxygen atoms in total. The Hall–Kier alpha value is 47.7. The average molecular weight is 3550 g/mol. The molecule has 58 unspecified atom stereocenters. The van der Waals surface area contributed by atoms with Gasteiger partial charge in [0, 0.05) is 0 Å². The minimum Gasteiger partial charge on any atom is -0.102 e. The highest BCUT2D eigenvalue weighted by Crippen LogP contribution is 3.53. The van der Waals surface area contributed by atoms with E-state index in [1.54, 1.807) is 0 Å². The van der Waals surface area contributed by atoms with Crippen LogP contribution in [0.4, 0.5) is 0 Å². The monoisotopic (exact) mass is 3550 g/mol. The van der Waals surface area contributed by atoms with Crippen LogP contribution in [-0.2, 0) is 0 Å². The molecule has 0 aromatic carbocycles. The minimum absolute atomic E-state index is 0.396. The van der Waals surface area contributed by atoms with Gasteiger partial charge in [0.25, 0.3) is 0 Å². The molecule has 0 saturated carbocycles. The van der Waals surface area contributed by atoms with Gasteiger partial charge >= 0.3 is 0 Å². The van der Waals surface area contributed by atoms with Crippen LogP contribution in [0.2, 0.25) is 0 Å². The summed E-state index contributed by atoms with van der Waals surface area (Å²) < 4.78 is 0. The molecule has 0 rings (SSSR count). The van der Waals surface area contributed by atoms with Crippen LogP contribution in [0.15, 0.2) is 0 Å². The third kappa shape index (κ3) is 56.7. The van der Waals surface area contributed by atoms with E-state index in [1.165, 1.54) is 0 Å². The maximum Gasteiger partial charge on any atom is -0.000359 e. The van der Waals surface area contributed by atoms with E-state index in [9.17, 15) is 0 Å². The quantitative estimate of drug-likeness (QED) is 0.0533. The Morgan fingerprint density at radius 2 is 0.126 bits per heavy atom. The summed E-state index contributed by atoms with van der Waals surface area (Å²) in [6.45, 7) is -24.4. The normalized spacial score (nSPS) is 15.1. The SMILES string of the molecule is PP(P)P(P(P)P)P(P(PP(P(P(P(P(P)P)P(P)P)P(P(P)P)P(P)P)P(P(P(P)P)P(P)P)P(P(P)P)P(P)P)P(P(P(P(P)P)P(P)P)P(P(P)P)P(P)P)P(P(P(P)P)P(P)P)P(P(P)P)P(P)P)P(P(P(P(P)P)P(P)P)P(P(P)P)P(P)P)P(P(P(P)P)P(P)P)P(P(P)P)P(P)P)P(P(P)P)P(P)P. The Balaban J connectivity index is 14.8. The summed E-state index contributed by atoms with van der Waals surface area (Å²) in [5.74, 6) is 0. The van der Waals surface area contributed by atoms with Crippen molar-refractivity contribution in [3.05, 3.63) is 0 Å². The fourth-order valence-corrected chi connectivity index (χ4v) is 1660. The maximum absolute atomic E-state index is 3.83. The van der Waals surface area contributed by atoms with Crippen LogP contribution >= 0.6 is 885 Å². The van der Waals surface area contributed by atoms with Gasteiger partial charge in [0.15, 0.2) is 0 Å². The molecule has 0 spiro atoms. The Bertz CT molecular complexity index is 1860. The van der Waals surface area contributed by atoms with Gasteiger partial charge in [-0.1, -0.05) is 0 Å². The van der Waals surface area contributed by atoms with Gasteiger partial charge in [-0.05, 0) is 385 Å². The second kappa shape index (κ2) is 87.3. The predicted molar refractivity (Wildman–Crippen MR) is 926 cm³/mol. The smallest absolute Gasteiger partial charge is 0.000359 e. The van der Waals surface area contributed by atoms with Crippen molar-refractivity contribution in [1.29, 1.82) is 0 Å². The molecule has 0 aliphatic carbocycles. The van der Waals surface area contributed by atoms with E-state index >= 15 is 0 Å². The van der Waals surface area contributed by atoms with Gasteiger partial charge in [0.2, 0.25) is 0 Å². The van der Waals surface area contributed by atoms with Crippen molar-refractivity contribution in [3.8, 4) is 0 Å². The van der Waals surface area contributed by atoms with Gasteiger partial charge < -0.3 is 0 Å². The molecule has 0 aromatic heterocycles. The molecule has 0 saturated heterocycles. The van der Waals surface area contributed by atoms with Crippen LogP contribution in [0.3, 0.4) is 0 Å². The lowest BCUT2D eigenvalue weighted by molar-refractivity contribution is 4.32. The standard InChI is InChI=1S/H113P111/c1-58(2)88(59(3)4)102(89(60(5)6)61(7)8)86(103(106(90(62(9)10)63(11)12)91(64(13)14)65(15)16)107(92(66(17)18)67(19)20)93(68(21)22)69(23)24)57-87(104(108(94(70(25)26)71(27)28)95(72(29)30)73(31)32)109(96(74(33)34)75(35)36)97(76(37)38)77(39)40)105(110(98(78(41)42)79(43)44)99(80(45)46)81(47)48)111(100(82(49)50)83(51)52)101(84(53)54)85(55)56/h57H,1-56H2. The summed E-state index contributed by atoms with van der Waals surface area (Å²) in [4.78, 5) is 0. The van der Waals surface area contributed by atoms with Crippen LogP contribution in [0, 0.1) is 0 Å². The van der Waals surface area contributed by atoms with E-state index < -0.39 is 377 Å². The van der Waals surface area contributed by atoms with Crippen LogP contribution in [-0.4, -0.2) is 0 Å². The minimum atomic E-state index is -0.644. The third-order valence-electron chi connectivity index (χ3n) is 9.84. The fourth-order valence-electron chi connectivity index (χ4n) is 6.82. The average Bonchev–Trinajstić information content (AvgIpc) is 3.46. The molecule has 111 heteroatoms. The predicted octanol–water partition coefficient (Wildman–Crippen LogP) is 65.3. The van der Waals surface area contributed by atoms with Crippen molar-refractivity contribution in [1.82, 2.24) is 0 Å². The first kappa shape index (κ1) is 159. The molecule has 111 heavy (non-hydrogen) atoms. The summed E-state index contributed by atoms with van der Waals surface area (Å²) in [6, 6.07) is 0. The lowest BCUT2D eigenvalue weighted by atomic mass is 28.4. The molecule has 668 valence electrons. The van der Waals surface area contributed by atoms with E-state index in [4.69, 9.17) is 0 Å². The van der Waals surface area contributed by atoms with E-state index in [-0.39, 0.29) is 0 Å². The molecule has 0 fully saturated rings. The van der Waals surface area contributed by atoms with Crippen molar-refractivity contribution in [3.63, 3.8) is 0 Å². The summed E-state index contributed by atoms with van der Waals surface area (Å²) in [5, 5.41) is 0. The van der Waals surface area contributed by atoms with E-state index in [0.717, 1.165) is 7.96 Å². The first-order valence-corrected chi connectivity index (χ1v) is 228. The maximum atomic E-state index is 3.83. The zero-order valence-electron chi connectivity index (χ0n) is 57.0. The van der Waals surface area contributed by atoms with E-state index in [2.05, 4.69) is 500 Å².